The van der Waals surface area contributed by atoms with Crippen molar-refractivity contribution in [2.75, 3.05) is 6.54 Å². The smallest absolute Gasteiger partial charge is 0.0810 e. The van der Waals surface area contributed by atoms with Gasteiger partial charge < -0.3 is 10.1 Å². The van der Waals surface area contributed by atoms with Crippen LogP contribution in [0.1, 0.15) is 67.2 Å². The molecule has 0 aromatic heterocycles. The molecule has 0 saturated heterocycles. The average molecular weight is 255 g/mol. The summed E-state index contributed by atoms with van der Waals surface area (Å²) in [6.07, 6.45) is 5.40. The summed E-state index contributed by atoms with van der Waals surface area (Å²) in [5, 5.41) is 3.59. The highest BCUT2D eigenvalue weighted by molar-refractivity contribution is 4.90. The van der Waals surface area contributed by atoms with Crippen molar-refractivity contribution in [1.29, 1.82) is 0 Å². The van der Waals surface area contributed by atoms with E-state index in [4.69, 9.17) is 4.74 Å². The monoisotopic (exact) mass is 255 g/mol. The lowest BCUT2D eigenvalue weighted by atomic mass is 9.79. The fourth-order valence-corrected chi connectivity index (χ4v) is 2.55. The fraction of sp³-hybridized carbons (Fsp3) is 1.00. The van der Waals surface area contributed by atoms with E-state index < -0.39 is 0 Å². The van der Waals surface area contributed by atoms with Crippen molar-refractivity contribution >= 4 is 0 Å². The quantitative estimate of drug-likeness (QED) is 0.774. The molecule has 1 atom stereocenters. The molecule has 1 saturated carbocycles. The van der Waals surface area contributed by atoms with Gasteiger partial charge in [-0.2, -0.15) is 0 Å². The molecule has 2 nitrogen and oxygen atoms in total. The second-order valence-electron chi connectivity index (χ2n) is 6.97. The zero-order valence-corrected chi connectivity index (χ0v) is 13.3. The fourth-order valence-electron chi connectivity index (χ4n) is 2.55. The van der Waals surface area contributed by atoms with E-state index in [-0.39, 0.29) is 5.60 Å². The maximum atomic E-state index is 6.48. The van der Waals surface area contributed by atoms with E-state index in [1.807, 2.05) is 0 Å². The van der Waals surface area contributed by atoms with Gasteiger partial charge in [-0.15, -0.1) is 0 Å². The zero-order chi connectivity index (χ0) is 13.8. The van der Waals surface area contributed by atoms with Gasteiger partial charge in [0.2, 0.25) is 0 Å². The maximum Gasteiger partial charge on any atom is 0.0810 e. The molecule has 0 aromatic carbocycles. The highest BCUT2D eigenvalue weighted by atomic mass is 16.5. The Hall–Kier alpha value is -0.0800. The van der Waals surface area contributed by atoms with Gasteiger partial charge in [-0.05, 0) is 44.4 Å². The van der Waals surface area contributed by atoms with Gasteiger partial charge in [-0.3, -0.25) is 0 Å². The molecule has 1 aliphatic rings. The third-order valence-electron chi connectivity index (χ3n) is 4.39. The van der Waals surface area contributed by atoms with Gasteiger partial charge in [-0.1, -0.05) is 34.6 Å². The molecule has 0 aliphatic heterocycles. The highest BCUT2D eigenvalue weighted by Gasteiger charge is 2.36. The first-order valence-corrected chi connectivity index (χ1v) is 7.76. The van der Waals surface area contributed by atoms with Crippen LogP contribution >= 0.6 is 0 Å². The van der Waals surface area contributed by atoms with E-state index >= 15 is 0 Å². The summed E-state index contributed by atoms with van der Waals surface area (Å²) < 4.78 is 6.48. The molecule has 1 unspecified atom stereocenters. The summed E-state index contributed by atoms with van der Waals surface area (Å²) in [5.41, 5.74) is 0.0838. The summed E-state index contributed by atoms with van der Waals surface area (Å²) in [6, 6.07) is 0.541. The third-order valence-corrected chi connectivity index (χ3v) is 4.39. The van der Waals surface area contributed by atoms with Gasteiger partial charge in [0.1, 0.15) is 0 Å². The van der Waals surface area contributed by atoms with Crippen LogP contribution in [0.5, 0.6) is 0 Å². The van der Waals surface area contributed by atoms with Crippen LogP contribution in [-0.2, 0) is 4.74 Å². The molecule has 0 aromatic rings. The molecule has 1 N–H and O–H groups in total. The zero-order valence-electron chi connectivity index (χ0n) is 13.3. The molecular weight excluding hydrogens is 222 g/mol. The van der Waals surface area contributed by atoms with Crippen molar-refractivity contribution in [2.45, 2.75) is 85.0 Å². The van der Waals surface area contributed by atoms with E-state index in [1.165, 1.54) is 25.7 Å². The standard InChI is InChI=1S/C16H33NO/c1-12(2)15(6)18-16(11-17-13(3)4)9-7-14(5)8-10-16/h12-15,17H,7-11H2,1-6H3. The Labute approximate surface area is 114 Å². The summed E-state index contributed by atoms with van der Waals surface area (Å²) in [4.78, 5) is 0. The number of ether oxygens (including phenoxy) is 1. The highest BCUT2D eigenvalue weighted by Crippen LogP contribution is 2.36. The molecule has 0 radical (unpaired) electrons. The number of rotatable bonds is 6. The molecule has 108 valence electrons. The Morgan fingerprint density at radius 2 is 1.67 bits per heavy atom. The van der Waals surface area contributed by atoms with Gasteiger partial charge in [-0.25, -0.2) is 0 Å². The van der Waals surface area contributed by atoms with E-state index in [1.54, 1.807) is 0 Å². The molecule has 0 bridgehead atoms. The second-order valence-corrected chi connectivity index (χ2v) is 6.97. The van der Waals surface area contributed by atoms with Gasteiger partial charge in [0.15, 0.2) is 0 Å². The molecular formula is C16H33NO. The third kappa shape index (κ3) is 4.89. The molecule has 1 fully saturated rings. The Bertz CT molecular complexity index is 229. The lowest BCUT2D eigenvalue weighted by Crippen LogP contribution is -2.49. The van der Waals surface area contributed by atoms with Crippen molar-refractivity contribution in [3.63, 3.8) is 0 Å². The van der Waals surface area contributed by atoms with Crippen molar-refractivity contribution in [2.24, 2.45) is 11.8 Å². The minimum Gasteiger partial charge on any atom is -0.370 e. The molecule has 0 amide bonds. The number of hydrogen-bond acceptors (Lipinski definition) is 2. The van der Waals surface area contributed by atoms with Crippen LogP contribution in [0.2, 0.25) is 0 Å². The van der Waals surface area contributed by atoms with Crippen LogP contribution in [0.3, 0.4) is 0 Å². The van der Waals surface area contributed by atoms with Crippen LogP contribution in [0.15, 0.2) is 0 Å². The first-order chi connectivity index (χ1) is 8.34. The molecule has 0 spiro atoms. The van der Waals surface area contributed by atoms with Crippen molar-refractivity contribution in [3.05, 3.63) is 0 Å². The Morgan fingerprint density at radius 1 is 1.11 bits per heavy atom. The number of hydrogen-bond donors (Lipinski definition) is 1. The Balaban J connectivity index is 2.62. The predicted molar refractivity (Wildman–Crippen MR) is 78.9 cm³/mol. The van der Waals surface area contributed by atoms with Crippen LogP contribution in [0, 0.1) is 11.8 Å². The maximum absolute atomic E-state index is 6.48. The van der Waals surface area contributed by atoms with Gasteiger partial charge in [0, 0.05) is 12.6 Å². The SMILES string of the molecule is CC1CCC(CNC(C)C)(OC(C)C(C)C)CC1. The summed E-state index contributed by atoms with van der Waals surface area (Å²) in [6.45, 7) is 14.5. The van der Waals surface area contributed by atoms with Crippen molar-refractivity contribution in [1.82, 2.24) is 5.32 Å². The molecule has 2 heteroatoms. The molecule has 1 rings (SSSR count). The number of nitrogens with one attached hydrogen (secondary N) is 1. The first kappa shape index (κ1) is 16.0. The van der Waals surface area contributed by atoms with E-state index in [0.717, 1.165) is 12.5 Å². The predicted octanol–water partition coefficient (Wildman–Crippen LogP) is 3.99. The lowest BCUT2D eigenvalue weighted by molar-refractivity contribution is -0.125. The second kappa shape index (κ2) is 6.91. The van der Waals surface area contributed by atoms with Crippen molar-refractivity contribution in [3.8, 4) is 0 Å². The van der Waals surface area contributed by atoms with Crippen LogP contribution in [0.4, 0.5) is 0 Å². The summed E-state index contributed by atoms with van der Waals surface area (Å²) in [5.74, 6) is 1.47. The molecule has 18 heavy (non-hydrogen) atoms. The Kier molecular flexibility index (Phi) is 6.13. The van der Waals surface area contributed by atoms with Crippen molar-refractivity contribution < 1.29 is 4.74 Å². The first-order valence-electron chi connectivity index (χ1n) is 7.76. The average Bonchev–Trinajstić information content (AvgIpc) is 2.30. The van der Waals surface area contributed by atoms with Gasteiger partial charge in [0.25, 0.3) is 0 Å². The lowest BCUT2D eigenvalue weighted by Gasteiger charge is -2.42. The Morgan fingerprint density at radius 3 is 2.11 bits per heavy atom. The topological polar surface area (TPSA) is 21.3 Å². The minimum atomic E-state index is 0.0838. The van der Waals surface area contributed by atoms with E-state index in [2.05, 4.69) is 46.9 Å². The summed E-state index contributed by atoms with van der Waals surface area (Å²) >= 11 is 0. The van der Waals surface area contributed by atoms with Gasteiger partial charge >= 0.3 is 0 Å². The van der Waals surface area contributed by atoms with E-state index in [0.29, 0.717) is 18.1 Å². The summed E-state index contributed by atoms with van der Waals surface area (Å²) in [7, 11) is 0. The van der Waals surface area contributed by atoms with Gasteiger partial charge in [0.05, 0.1) is 11.7 Å². The van der Waals surface area contributed by atoms with E-state index in [9.17, 15) is 0 Å². The largest absolute Gasteiger partial charge is 0.370 e. The normalized spacial score (nSPS) is 31.0. The van der Waals surface area contributed by atoms with Crippen LogP contribution < -0.4 is 5.32 Å². The minimum absolute atomic E-state index is 0.0838. The van der Waals surface area contributed by atoms with Crippen LogP contribution in [-0.4, -0.2) is 24.3 Å². The van der Waals surface area contributed by atoms with Crippen LogP contribution in [0.25, 0.3) is 0 Å². The molecule has 0 heterocycles. The molecule has 1 aliphatic carbocycles.